The Morgan fingerprint density at radius 1 is 0.435 bits per heavy atom. The van der Waals surface area contributed by atoms with Crippen LogP contribution >= 0.6 is 0 Å². The Kier molecular flexibility index (Phi) is 8.69. The highest BCUT2D eigenvalue weighted by molar-refractivity contribution is 7.00. The van der Waals surface area contributed by atoms with Gasteiger partial charge < -0.3 is 14.2 Å². The van der Waals surface area contributed by atoms with Crippen molar-refractivity contribution in [3.05, 3.63) is 196 Å². The molecule has 13 rings (SSSR count). The van der Waals surface area contributed by atoms with Crippen LogP contribution in [0.3, 0.4) is 0 Å². The highest BCUT2D eigenvalue weighted by Gasteiger charge is 2.49. The first-order valence-corrected chi connectivity index (χ1v) is 25.3. The molecule has 0 spiro atoms. The van der Waals surface area contributed by atoms with Crippen LogP contribution < -0.4 is 26.2 Å². The molecule has 3 heterocycles. The lowest BCUT2D eigenvalue weighted by Gasteiger charge is -2.49. The van der Waals surface area contributed by atoms with Gasteiger partial charge in [-0.15, -0.1) is 0 Å². The predicted octanol–water partition coefficient (Wildman–Crippen LogP) is 15.6. The van der Waals surface area contributed by atoms with Crippen molar-refractivity contribution in [2.45, 2.75) is 111 Å². The number of anilines is 6. The third-order valence-electron chi connectivity index (χ3n) is 17.6. The second-order valence-electron chi connectivity index (χ2n) is 23.3. The Morgan fingerprint density at radius 2 is 1.01 bits per heavy atom. The SMILES string of the molecule is Cc1ccccc1-c1cc2c3c(c1)N(c1ccccc1C)c1c(ccc4oc5ccccc5c14)B3c1cc3c(cc1N2c1cc2c(cc1C)C(C)(C)CCC2(C)C)C(C)(C)c1ccccc1C3(C)C. The molecule has 0 unspecified atom stereocenters. The number of benzene rings is 8. The fraction of sp³-hybridized carbons (Fsp3) is 0.262. The van der Waals surface area contributed by atoms with Crippen molar-refractivity contribution in [1.82, 2.24) is 0 Å². The average Bonchev–Trinajstić information content (AvgIpc) is 3.72. The Hall–Kier alpha value is -6.78. The summed E-state index contributed by atoms with van der Waals surface area (Å²) in [7, 11) is 0. The van der Waals surface area contributed by atoms with Gasteiger partial charge in [0.2, 0.25) is 0 Å². The number of para-hydroxylation sites is 2. The molecule has 0 saturated heterocycles. The summed E-state index contributed by atoms with van der Waals surface area (Å²) in [5.74, 6) is 0. The van der Waals surface area contributed by atoms with Crippen LogP contribution in [0.15, 0.2) is 150 Å². The Morgan fingerprint density at radius 3 is 1.71 bits per heavy atom. The van der Waals surface area contributed by atoms with Crippen molar-refractivity contribution in [3.8, 4) is 11.1 Å². The van der Waals surface area contributed by atoms with E-state index in [2.05, 4.69) is 232 Å². The maximum Gasteiger partial charge on any atom is 0.252 e. The van der Waals surface area contributed by atoms with Crippen molar-refractivity contribution in [2.75, 3.05) is 9.80 Å². The van der Waals surface area contributed by atoms with Crippen molar-refractivity contribution in [2.24, 2.45) is 0 Å². The molecule has 2 aliphatic heterocycles. The monoisotopic (exact) mass is 896 g/mol. The lowest BCUT2D eigenvalue weighted by molar-refractivity contribution is 0.332. The number of hydrogen-bond donors (Lipinski definition) is 0. The van der Waals surface area contributed by atoms with Gasteiger partial charge in [-0.25, -0.2) is 0 Å². The first-order valence-electron chi connectivity index (χ1n) is 25.3. The molecular formula is C65H61BN2O. The zero-order valence-electron chi connectivity index (χ0n) is 42.2. The minimum absolute atomic E-state index is 0.0295. The first kappa shape index (κ1) is 42.3. The van der Waals surface area contributed by atoms with E-state index in [0.29, 0.717) is 0 Å². The lowest BCUT2D eigenvalue weighted by atomic mass is 9.33. The van der Waals surface area contributed by atoms with Gasteiger partial charge in [-0.3, -0.25) is 0 Å². The molecule has 3 nitrogen and oxygen atoms in total. The maximum atomic E-state index is 6.79. The summed E-state index contributed by atoms with van der Waals surface area (Å²) in [6.45, 7) is 26.5. The van der Waals surface area contributed by atoms with Crippen molar-refractivity contribution in [3.63, 3.8) is 0 Å². The standard InChI is InChI=1S/C65H61BN2O/c1-38-20-12-14-22-42(38)41-33-55-60-56(34-41)68(52-26-18-13-21-39(52)2)61-50(28-29-58-59(61)43-23-15-19-27-57(43)69-58)66(60)51-35-48-49(65(10,11)45-25-17-16-24-44(45)64(48,8)9)37-54(51)67(55)53-36-47-46(32-40(53)3)62(4,5)30-31-63(47,6)7/h12-29,32-37H,30-31H2,1-11H3. The van der Waals surface area contributed by atoms with Crippen LogP contribution in [0.5, 0.6) is 0 Å². The highest BCUT2D eigenvalue weighted by Crippen LogP contribution is 2.56. The predicted molar refractivity (Wildman–Crippen MR) is 293 cm³/mol. The summed E-state index contributed by atoms with van der Waals surface area (Å²) >= 11 is 0. The topological polar surface area (TPSA) is 19.6 Å². The number of furan rings is 1. The fourth-order valence-electron chi connectivity index (χ4n) is 13.6. The van der Waals surface area contributed by atoms with E-state index >= 15 is 0 Å². The van der Waals surface area contributed by atoms with E-state index in [-0.39, 0.29) is 28.4 Å². The molecule has 9 aromatic rings. The van der Waals surface area contributed by atoms with Gasteiger partial charge in [-0.2, -0.15) is 0 Å². The van der Waals surface area contributed by atoms with E-state index in [1.807, 2.05) is 0 Å². The van der Waals surface area contributed by atoms with Crippen LogP contribution in [-0.2, 0) is 21.7 Å². The summed E-state index contributed by atoms with van der Waals surface area (Å²) in [4.78, 5) is 5.33. The molecule has 1 aromatic heterocycles. The van der Waals surface area contributed by atoms with E-state index < -0.39 is 0 Å². The number of aryl methyl sites for hydroxylation is 3. The minimum atomic E-state index is -0.235. The molecule has 0 amide bonds. The molecular weight excluding hydrogens is 836 g/mol. The second kappa shape index (κ2) is 14.2. The van der Waals surface area contributed by atoms with Crippen molar-refractivity contribution < 1.29 is 4.42 Å². The highest BCUT2D eigenvalue weighted by atomic mass is 16.3. The van der Waals surface area contributed by atoms with E-state index in [4.69, 9.17) is 4.42 Å². The van der Waals surface area contributed by atoms with Gasteiger partial charge in [-0.1, -0.05) is 159 Å². The average molecular weight is 897 g/mol. The van der Waals surface area contributed by atoms with E-state index in [1.54, 1.807) is 0 Å². The molecule has 69 heavy (non-hydrogen) atoms. The number of rotatable bonds is 3. The molecule has 0 N–H and O–H groups in total. The zero-order chi connectivity index (χ0) is 47.7. The first-order chi connectivity index (χ1) is 33.0. The van der Waals surface area contributed by atoms with Gasteiger partial charge in [-0.05, 0) is 164 Å². The molecule has 8 aromatic carbocycles. The molecule has 0 atom stereocenters. The van der Waals surface area contributed by atoms with Crippen molar-refractivity contribution in [1.29, 1.82) is 0 Å². The number of fused-ring (bicyclic) bond motifs is 11. The molecule has 4 aliphatic rings. The summed E-state index contributed by atoms with van der Waals surface area (Å²) in [6, 6.07) is 55.9. The van der Waals surface area contributed by atoms with Gasteiger partial charge in [0.15, 0.2) is 0 Å². The second-order valence-corrected chi connectivity index (χ2v) is 23.3. The number of hydrogen-bond acceptors (Lipinski definition) is 3. The Bertz CT molecular complexity index is 3690. The summed E-state index contributed by atoms with van der Waals surface area (Å²) < 4.78 is 6.79. The molecule has 0 bridgehead atoms. The van der Waals surface area contributed by atoms with Gasteiger partial charge >= 0.3 is 0 Å². The van der Waals surface area contributed by atoms with Gasteiger partial charge in [0.25, 0.3) is 6.71 Å². The normalized spacial score (nSPS) is 17.5. The van der Waals surface area contributed by atoms with Crippen LogP contribution in [-0.4, -0.2) is 6.71 Å². The quantitative estimate of drug-likeness (QED) is 0.165. The molecule has 2 aliphatic carbocycles. The van der Waals surface area contributed by atoms with E-state index in [0.717, 1.165) is 28.4 Å². The summed E-state index contributed by atoms with van der Waals surface area (Å²) in [5.41, 5.74) is 27.7. The third kappa shape index (κ3) is 5.75. The fourth-order valence-corrected chi connectivity index (χ4v) is 13.6. The van der Waals surface area contributed by atoms with Gasteiger partial charge in [0, 0.05) is 44.7 Å². The van der Waals surface area contributed by atoms with E-state index in [9.17, 15) is 0 Å². The Balaban J connectivity index is 1.23. The largest absolute Gasteiger partial charge is 0.456 e. The Labute approximate surface area is 408 Å². The van der Waals surface area contributed by atoms with Crippen molar-refractivity contribution >= 4 is 79.2 Å². The van der Waals surface area contributed by atoms with Crippen LogP contribution in [0, 0.1) is 20.8 Å². The summed E-state index contributed by atoms with van der Waals surface area (Å²) in [6.07, 6.45) is 2.33. The van der Waals surface area contributed by atoms with Gasteiger partial charge in [0.1, 0.15) is 11.2 Å². The van der Waals surface area contributed by atoms with Crippen LogP contribution in [0.2, 0.25) is 0 Å². The smallest absolute Gasteiger partial charge is 0.252 e. The third-order valence-corrected chi connectivity index (χ3v) is 17.6. The zero-order valence-corrected chi connectivity index (χ0v) is 42.2. The molecule has 0 radical (unpaired) electrons. The molecule has 340 valence electrons. The van der Waals surface area contributed by atoms with Crippen LogP contribution in [0.25, 0.3) is 33.1 Å². The van der Waals surface area contributed by atoms with Gasteiger partial charge in [0.05, 0.1) is 11.1 Å². The lowest BCUT2D eigenvalue weighted by Crippen LogP contribution is -2.62. The summed E-state index contributed by atoms with van der Waals surface area (Å²) in [5, 5.41) is 2.30. The molecule has 0 fully saturated rings. The maximum absolute atomic E-state index is 6.79. The minimum Gasteiger partial charge on any atom is -0.456 e. The van der Waals surface area contributed by atoms with E-state index in [1.165, 1.54) is 118 Å². The number of nitrogens with zero attached hydrogens (tertiary/aromatic N) is 2. The molecule has 4 heteroatoms. The van der Waals surface area contributed by atoms with Crippen LogP contribution in [0.4, 0.5) is 34.1 Å². The van der Waals surface area contributed by atoms with Crippen LogP contribution in [0.1, 0.15) is 118 Å². The molecule has 0 saturated carbocycles.